The molecule has 0 saturated carbocycles. The van der Waals surface area contributed by atoms with Gasteiger partial charge in [0.25, 0.3) is 12.3 Å². The average molecular weight is 300 g/mol. The monoisotopic (exact) mass is 300 g/mol. The summed E-state index contributed by atoms with van der Waals surface area (Å²) < 4.78 is 25.7. The third-order valence-electron chi connectivity index (χ3n) is 3.53. The van der Waals surface area contributed by atoms with Crippen molar-refractivity contribution in [2.75, 3.05) is 0 Å². The Morgan fingerprint density at radius 1 is 1.35 bits per heavy atom. The number of rotatable bonds is 2. The average Bonchev–Trinajstić information content (AvgIpc) is 2.91. The van der Waals surface area contributed by atoms with E-state index < -0.39 is 24.3 Å². The first-order valence-electron chi connectivity index (χ1n) is 6.02. The van der Waals surface area contributed by atoms with Crippen LogP contribution in [0.1, 0.15) is 40.1 Å². The fourth-order valence-electron chi connectivity index (χ4n) is 2.55. The molecule has 106 valence electrons. The standard InChI is InChI=1S/C12H10F2N2O3S/c13-10(14)9-5-3-16(12(19)6(5)4-20-9)7-1-2-8(17)15-11(7)18/h4,7,10H,1-3H2,(H,15,17,18). The Kier molecular flexibility index (Phi) is 3.04. The Labute approximate surface area is 116 Å². The number of hydrogen-bond acceptors (Lipinski definition) is 4. The van der Waals surface area contributed by atoms with Crippen molar-refractivity contribution < 1.29 is 23.2 Å². The zero-order valence-corrected chi connectivity index (χ0v) is 11.0. The van der Waals surface area contributed by atoms with E-state index in [1.165, 1.54) is 10.3 Å². The van der Waals surface area contributed by atoms with E-state index in [1.807, 2.05) is 0 Å². The van der Waals surface area contributed by atoms with Gasteiger partial charge in [-0.1, -0.05) is 0 Å². The molecule has 3 amide bonds. The van der Waals surface area contributed by atoms with E-state index in [4.69, 9.17) is 0 Å². The van der Waals surface area contributed by atoms with Crippen LogP contribution in [0.3, 0.4) is 0 Å². The number of alkyl halides is 2. The van der Waals surface area contributed by atoms with Crippen molar-refractivity contribution in [3.8, 4) is 0 Å². The molecule has 0 bridgehead atoms. The fraction of sp³-hybridized carbons (Fsp3) is 0.417. The smallest absolute Gasteiger partial charge is 0.273 e. The first-order valence-corrected chi connectivity index (χ1v) is 6.90. The molecule has 0 radical (unpaired) electrons. The summed E-state index contributed by atoms with van der Waals surface area (Å²) in [5, 5.41) is 3.57. The van der Waals surface area contributed by atoms with Crippen LogP contribution in [-0.2, 0) is 16.1 Å². The molecule has 5 nitrogen and oxygen atoms in total. The van der Waals surface area contributed by atoms with Gasteiger partial charge >= 0.3 is 0 Å². The number of nitrogens with zero attached hydrogens (tertiary/aromatic N) is 1. The minimum atomic E-state index is -2.63. The minimum Gasteiger partial charge on any atom is -0.322 e. The van der Waals surface area contributed by atoms with Crippen molar-refractivity contribution in [3.63, 3.8) is 0 Å². The number of hydrogen-bond donors (Lipinski definition) is 1. The number of thiophene rings is 1. The summed E-state index contributed by atoms with van der Waals surface area (Å²) >= 11 is 0.862. The van der Waals surface area contributed by atoms with Gasteiger partial charge in [-0.2, -0.15) is 0 Å². The molecule has 1 saturated heterocycles. The van der Waals surface area contributed by atoms with Crippen LogP contribution in [0.2, 0.25) is 0 Å². The summed E-state index contributed by atoms with van der Waals surface area (Å²) in [6.45, 7) is 0.00359. The lowest BCUT2D eigenvalue weighted by Gasteiger charge is -2.29. The van der Waals surface area contributed by atoms with Crippen molar-refractivity contribution in [2.45, 2.75) is 31.9 Å². The highest BCUT2D eigenvalue weighted by Gasteiger charge is 2.41. The van der Waals surface area contributed by atoms with Crippen molar-refractivity contribution >= 4 is 29.1 Å². The van der Waals surface area contributed by atoms with Crippen molar-refractivity contribution in [1.29, 1.82) is 0 Å². The van der Waals surface area contributed by atoms with Gasteiger partial charge in [0.2, 0.25) is 11.8 Å². The first-order chi connectivity index (χ1) is 9.49. The maximum atomic E-state index is 12.8. The highest BCUT2D eigenvalue weighted by Crippen LogP contribution is 2.38. The predicted octanol–water partition coefficient (Wildman–Crippen LogP) is 1.45. The molecular weight excluding hydrogens is 290 g/mol. The largest absolute Gasteiger partial charge is 0.322 e. The predicted molar refractivity (Wildman–Crippen MR) is 65.3 cm³/mol. The summed E-state index contributed by atoms with van der Waals surface area (Å²) in [6.07, 6.45) is -2.25. The van der Waals surface area contributed by atoms with Crippen LogP contribution < -0.4 is 5.32 Å². The summed E-state index contributed by atoms with van der Waals surface area (Å²) in [4.78, 5) is 36.2. The van der Waals surface area contributed by atoms with Gasteiger partial charge < -0.3 is 4.90 Å². The van der Waals surface area contributed by atoms with E-state index in [9.17, 15) is 23.2 Å². The van der Waals surface area contributed by atoms with Crippen molar-refractivity contribution in [2.24, 2.45) is 0 Å². The number of carbonyl (C=O) groups excluding carboxylic acids is 3. The molecule has 0 aromatic carbocycles. The van der Waals surface area contributed by atoms with Gasteiger partial charge in [0.15, 0.2) is 0 Å². The van der Waals surface area contributed by atoms with Crippen molar-refractivity contribution in [1.82, 2.24) is 10.2 Å². The second-order valence-electron chi connectivity index (χ2n) is 4.69. The minimum absolute atomic E-state index is 0.00359. The van der Waals surface area contributed by atoms with Gasteiger partial charge in [-0.15, -0.1) is 11.3 Å². The number of imide groups is 1. The zero-order chi connectivity index (χ0) is 14.4. The molecule has 0 spiro atoms. The van der Waals surface area contributed by atoms with E-state index in [-0.39, 0.29) is 35.7 Å². The molecule has 1 atom stereocenters. The van der Waals surface area contributed by atoms with Gasteiger partial charge in [-0.05, 0) is 6.42 Å². The fourth-order valence-corrected chi connectivity index (χ4v) is 3.46. The maximum Gasteiger partial charge on any atom is 0.273 e. The second kappa shape index (κ2) is 4.62. The number of carbonyl (C=O) groups is 3. The number of amides is 3. The zero-order valence-electron chi connectivity index (χ0n) is 10.2. The molecule has 1 aromatic rings. The summed E-state index contributed by atoms with van der Waals surface area (Å²) in [7, 11) is 0. The van der Waals surface area contributed by atoms with Crippen molar-refractivity contribution in [3.05, 3.63) is 21.4 Å². The van der Waals surface area contributed by atoms with Crippen LogP contribution in [0.15, 0.2) is 5.38 Å². The molecular formula is C12H10F2N2O3S. The Balaban J connectivity index is 1.86. The van der Waals surface area contributed by atoms with E-state index in [0.29, 0.717) is 5.56 Å². The molecule has 1 unspecified atom stereocenters. The Hall–Kier alpha value is -1.83. The first kappa shape index (κ1) is 13.2. The highest BCUT2D eigenvalue weighted by atomic mass is 32.1. The third-order valence-corrected chi connectivity index (χ3v) is 4.56. The SMILES string of the molecule is O=C1CCC(N2Cc3c(csc3C(F)F)C2=O)C(=O)N1. The molecule has 3 rings (SSSR count). The summed E-state index contributed by atoms with van der Waals surface area (Å²) in [5.74, 6) is -1.33. The van der Waals surface area contributed by atoms with Crippen LogP contribution >= 0.6 is 11.3 Å². The van der Waals surface area contributed by atoms with Crippen LogP contribution in [0, 0.1) is 0 Å². The van der Waals surface area contributed by atoms with E-state index in [0.717, 1.165) is 11.3 Å². The molecule has 20 heavy (non-hydrogen) atoms. The molecule has 0 aliphatic carbocycles. The Bertz CT molecular complexity index is 614. The highest BCUT2D eigenvalue weighted by molar-refractivity contribution is 7.10. The molecule has 3 heterocycles. The summed E-state index contributed by atoms with van der Waals surface area (Å²) in [5.41, 5.74) is 0.551. The van der Waals surface area contributed by atoms with Crippen LogP contribution in [0.5, 0.6) is 0 Å². The molecule has 1 N–H and O–H groups in total. The van der Waals surface area contributed by atoms with Gasteiger partial charge in [0.1, 0.15) is 6.04 Å². The van der Waals surface area contributed by atoms with E-state index >= 15 is 0 Å². The molecule has 2 aliphatic heterocycles. The van der Waals surface area contributed by atoms with E-state index in [1.54, 1.807) is 0 Å². The quantitative estimate of drug-likeness (QED) is 0.841. The third kappa shape index (κ3) is 1.91. The van der Waals surface area contributed by atoms with Crippen LogP contribution in [0.25, 0.3) is 0 Å². The van der Waals surface area contributed by atoms with Crippen LogP contribution in [0.4, 0.5) is 8.78 Å². The Morgan fingerprint density at radius 3 is 2.75 bits per heavy atom. The Morgan fingerprint density at radius 2 is 2.10 bits per heavy atom. The molecule has 1 aromatic heterocycles. The molecule has 2 aliphatic rings. The molecule has 8 heteroatoms. The number of nitrogens with one attached hydrogen (secondary N) is 1. The number of fused-ring (bicyclic) bond motifs is 1. The van der Waals surface area contributed by atoms with E-state index in [2.05, 4.69) is 5.32 Å². The van der Waals surface area contributed by atoms with Gasteiger partial charge in [-0.3, -0.25) is 19.7 Å². The lowest BCUT2D eigenvalue weighted by molar-refractivity contribution is -0.136. The van der Waals surface area contributed by atoms with Crippen LogP contribution in [-0.4, -0.2) is 28.7 Å². The summed E-state index contributed by atoms with van der Waals surface area (Å²) in [6, 6.07) is -0.761. The number of piperidine rings is 1. The lowest BCUT2D eigenvalue weighted by atomic mass is 10.0. The molecule has 1 fully saturated rings. The van der Waals surface area contributed by atoms with Gasteiger partial charge in [0, 0.05) is 23.9 Å². The van der Waals surface area contributed by atoms with Gasteiger partial charge in [-0.25, -0.2) is 8.78 Å². The topological polar surface area (TPSA) is 66.5 Å². The maximum absolute atomic E-state index is 12.8. The lowest BCUT2D eigenvalue weighted by Crippen LogP contribution is -2.52. The second-order valence-corrected chi connectivity index (χ2v) is 5.60. The number of halogens is 2. The normalized spacial score (nSPS) is 22.4. The van der Waals surface area contributed by atoms with Gasteiger partial charge in [0.05, 0.1) is 10.4 Å².